The van der Waals surface area contributed by atoms with Gasteiger partial charge in [-0.2, -0.15) is 0 Å². The number of thiocarbonyl (C=S) groups is 1. The molecule has 0 amide bonds. The Morgan fingerprint density at radius 2 is 1.75 bits per heavy atom. The van der Waals surface area contributed by atoms with Crippen LogP contribution in [0.5, 0.6) is 11.5 Å². The van der Waals surface area contributed by atoms with Crippen molar-refractivity contribution in [2.75, 3.05) is 11.7 Å². The van der Waals surface area contributed by atoms with Crippen LogP contribution in [0.15, 0.2) is 89.5 Å². The lowest BCUT2D eigenvalue weighted by molar-refractivity contribution is 0.174. The van der Waals surface area contributed by atoms with Gasteiger partial charge in [-0.3, -0.25) is 4.98 Å². The third-order valence-corrected chi connectivity index (χ3v) is 6.02. The van der Waals surface area contributed by atoms with Gasteiger partial charge >= 0.3 is 0 Å². The second kappa shape index (κ2) is 7.69. The first-order valence-electron chi connectivity index (χ1n) is 10.3. The van der Waals surface area contributed by atoms with Crippen molar-refractivity contribution >= 4 is 23.0 Å². The van der Waals surface area contributed by atoms with E-state index in [1.54, 1.807) is 6.20 Å². The molecule has 0 aliphatic carbocycles. The van der Waals surface area contributed by atoms with E-state index in [0.717, 1.165) is 34.2 Å². The smallest absolute Gasteiger partial charge is 0.231 e. The molecule has 4 heterocycles. The molecule has 2 aromatic heterocycles. The van der Waals surface area contributed by atoms with Crippen LogP contribution in [0.2, 0.25) is 0 Å². The van der Waals surface area contributed by atoms with Crippen LogP contribution in [0.1, 0.15) is 23.5 Å². The van der Waals surface area contributed by atoms with E-state index >= 15 is 0 Å². The second-order valence-corrected chi connectivity index (χ2v) is 7.99. The number of anilines is 1. The van der Waals surface area contributed by atoms with Crippen molar-refractivity contribution in [1.82, 2.24) is 10.3 Å². The Balaban J connectivity index is 1.45. The van der Waals surface area contributed by atoms with E-state index in [1.165, 1.54) is 0 Å². The first-order valence-corrected chi connectivity index (χ1v) is 10.7. The third-order valence-electron chi connectivity index (χ3n) is 5.71. The number of fused-ring (bicyclic) bond motifs is 1. The van der Waals surface area contributed by atoms with Gasteiger partial charge in [0.15, 0.2) is 16.6 Å². The van der Waals surface area contributed by atoms with Gasteiger partial charge in [0.05, 0.1) is 11.7 Å². The second-order valence-electron chi connectivity index (χ2n) is 7.60. The van der Waals surface area contributed by atoms with Crippen LogP contribution >= 0.6 is 12.2 Å². The van der Waals surface area contributed by atoms with Gasteiger partial charge in [-0.25, -0.2) is 0 Å². The Bertz CT molecular complexity index is 1280. The van der Waals surface area contributed by atoms with E-state index in [9.17, 15) is 0 Å². The van der Waals surface area contributed by atoms with Crippen molar-refractivity contribution in [3.05, 3.63) is 96.5 Å². The van der Waals surface area contributed by atoms with E-state index in [2.05, 4.69) is 15.2 Å². The fourth-order valence-corrected chi connectivity index (χ4v) is 4.57. The van der Waals surface area contributed by atoms with Crippen LogP contribution in [0.4, 0.5) is 5.69 Å². The van der Waals surface area contributed by atoms with Gasteiger partial charge < -0.3 is 24.1 Å². The Morgan fingerprint density at radius 3 is 2.59 bits per heavy atom. The normalized spacial score (nSPS) is 19.2. The number of furan rings is 1. The zero-order valence-corrected chi connectivity index (χ0v) is 17.8. The Morgan fingerprint density at radius 1 is 0.906 bits per heavy atom. The zero-order chi connectivity index (χ0) is 21.5. The molecule has 0 bridgehead atoms. The summed E-state index contributed by atoms with van der Waals surface area (Å²) in [5, 5.41) is 4.05. The van der Waals surface area contributed by atoms with Gasteiger partial charge in [-0.15, -0.1) is 0 Å². The highest BCUT2D eigenvalue weighted by atomic mass is 32.1. The van der Waals surface area contributed by atoms with Crippen molar-refractivity contribution in [1.29, 1.82) is 0 Å². The standard InChI is InChI=1S/C25H19N3O3S/c32-25-27-23(18-8-4-5-13-26-18)24(21-12-11-19(31-21)16-6-2-1-3-7-16)28(25)17-9-10-20-22(14-17)30-15-29-20/h1-14,23-24H,15H2,(H,27,32)/t23-,24-/m1/s1. The molecule has 2 aliphatic rings. The van der Waals surface area contributed by atoms with E-state index in [-0.39, 0.29) is 18.9 Å². The average Bonchev–Trinajstić information content (AvgIpc) is 3.58. The topological polar surface area (TPSA) is 59.8 Å². The molecule has 1 N–H and O–H groups in total. The zero-order valence-electron chi connectivity index (χ0n) is 17.0. The van der Waals surface area contributed by atoms with Crippen LogP contribution in [0.25, 0.3) is 11.3 Å². The third kappa shape index (κ3) is 3.18. The van der Waals surface area contributed by atoms with Crippen molar-refractivity contribution in [3.63, 3.8) is 0 Å². The molecule has 0 unspecified atom stereocenters. The summed E-state index contributed by atoms with van der Waals surface area (Å²) in [4.78, 5) is 6.65. The molecule has 32 heavy (non-hydrogen) atoms. The molecule has 158 valence electrons. The number of nitrogens with one attached hydrogen (secondary N) is 1. The van der Waals surface area contributed by atoms with Gasteiger partial charge in [-0.1, -0.05) is 36.4 Å². The average molecular weight is 442 g/mol. The number of benzene rings is 2. The summed E-state index contributed by atoms with van der Waals surface area (Å²) in [5.41, 5.74) is 2.81. The van der Waals surface area contributed by atoms with Gasteiger partial charge in [-0.05, 0) is 48.6 Å². The Labute approximate surface area is 190 Å². The maximum absolute atomic E-state index is 6.37. The summed E-state index contributed by atoms with van der Waals surface area (Å²) in [6.45, 7) is 0.222. The lowest BCUT2D eigenvalue weighted by atomic mass is 10.0. The molecule has 0 saturated carbocycles. The predicted octanol–water partition coefficient (Wildman–Crippen LogP) is 5.25. The molecule has 0 radical (unpaired) electrons. The molecule has 2 atom stereocenters. The number of ether oxygens (including phenoxy) is 2. The number of pyridine rings is 1. The molecule has 2 aromatic carbocycles. The molecule has 1 fully saturated rings. The fraction of sp³-hybridized carbons (Fsp3) is 0.120. The minimum Gasteiger partial charge on any atom is -0.459 e. The molecule has 1 saturated heterocycles. The molecule has 2 aliphatic heterocycles. The lowest BCUT2D eigenvalue weighted by Crippen LogP contribution is -2.29. The van der Waals surface area contributed by atoms with Crippen molar-refractivity contribution < 1.29 is 13.9 Å². The SMILES string of the molecule is S=C1N[C@H](c2ccccn2)[C@@H](c2ccc(-c3ccccc3)o2)N1c1ccc2c(c1)OCO2. The van der Waals surface area contributed by atoms with E-state index in [0.29, 0.717) is 10.9 Å². The van der Waals surface area contributed by atoms with Crippen LogP contribution in [0.3, 0.4) is 0 Å². The molecule has 0 spiro atoms. The summed E-state index contributed by atoms with van der Waals surface area (Å²) in [7, 11) is 0. The minimum absolute atomic E-state index is 0.177. The van der Waals surface area contributed by atoms with Gasteiger partial charge in [0.25, 0.3) is 0 Å². The molecule has 4 aromatic rings. The Hall–Kier alpha value is -3.84. The minimum atomic E-state index is -0.227. The first-order chi connectivity index (χ1) is 15.8. The summed E-state index contributed by atoms with van der Waals surface area (Å²) < 4.78 is 17.5. The predicted molar refractivity (Wildman–Crippen MR) is 125 cm³/mol. The van der Waals surface area contributed by atoms with E-state index < -0.39 is 0 Å². The van der Waals surface area contributed by atoms with Gasteiger partial charge in [0, 0.05) is 23.5 Å². The van der Waals surface area contributed by atoms with Gasteiger partial charge in [0.1, 0.15) is 17.6 Å². The number of hydrogen-bond donors (Lipinski definition) is 1. The van der Waals surface area contributed by atoms with Crippen LogP contribution in [-0.4, -0.2) is 16.9 Å². The number of rotatable bonds is 4. The van der Waals surface area contributed by atoms with E-state index in [4.69, 9.17) is 26.1 Å². The number of aromatic nitrogens is 1. The largest absolute Gasteiger partial charge is 0.459 e. The highest BCUT2D eigenvalue weighted by Gasteiger charge is 2.43. The first kappa shape index (κ1) is 18.9. The highest BCUT2D eigenvalue weighted by molar-refractivity contribution is 7.80. The summed E-state index contributed by atoms with van der Waals surface area (Å²) in [6, 6.07) is 25.4. The number of nitrogens with zero attached hydrogens (tertiary/aromatic N) is 2. The quantitative estimate of drug-likeness (QED) is 0.434. The monoisotopic (exact) mass is 441 g/mol. The molecule has 6 nitrogen and oxygen atoms in total. The van der Waals surface area contributed by atoms with Crippen molar-refractivity contribution in [2.45, 2.75) is 12.1 Å². The highest BCUT2D eigenvalue weighted by Crippen LogP contribution is 2.45. The summed E-state index contributed by atoms with van der Waals surface area (Å²) in [5.74, 6) is 3.04. The number of hydrogen-bond acceptors (Lipinski definition) is 5. The maximum Gasteiger partial charge on any atom is 0.231 e. The van der Waals surface area contributed by atoms with E-state index in [1.807, 2.05) is 78.9 Å². The van der Waals surface area contributed by atoms with Crippen LogP contribution < -0.4 is 19.7 Å². The molecule has 6 rings (SSSR count). The van der Waals surface area contributed by atoms with Crippen molar-refractivity contribution in [3.8, 4) is 22.8 Å². The lowest BCUT2D eigenvalue weighted by Gasteiger charge is -2.26. The van der Waals surface area contributed by atoms with Gasteiger partial charge in [0.2, 0.25) is 6.79 Å². The Kier molecular flexibility index (Phi) is 4.54. The molecule has 7 heteroatoms. The van der Waals surface area contributed by atoms with Crippen molar-refractivity contribution in [2.24, 2.45) is 0 Å². The summed E-state index contributed by atoms with van der Waals surface area (Å²) >= 11 is 5.78. The fourth-order valence-electron chi connectivity index (χ4n) is 4.23. The molecular weight excluding hydrogens is 422 g/mol. The molecular formula is C25H19N3O3S. The maximum atomic E-state index is 6.37. The van der Waals surface area contributed by atoms with Crippen LogP contribution in [-0.2, 0) is 0 Å². The summed E-state index contributed by atoms with van der Waals surface area (Å²) in [6.07, 6.45) is 1.79. The van der Waals surface area contributed by atoms with Crippen LogP contribution in [0, 0.1) is 0 Å².